The molecule has 0 aliphatic rings. The zero-order valence-electron chi connectivity index (χ0n) is 10.7. The van der Waals surface area contributed by atoms with Crippen molar-refractivity contribution in [2.45, 2.75) is 33.2 Å². The molecule has 0 radical (unpaired) electrons. The minimum Gasteiger partial charge on any atom is -0.205 e. The molecule has 1 aromatic heterocycles. The van der Waals surface area contributed by atoms with E-state index >= 15 is 0 Å². The third kappa shape index (κ3) is 3.42. The summed E-state index contributed by atoms with van der Waals surface area (Å²) in [6, 6.07) is 13.2. The first kappa shape index (κ1) is 11.8. The summed E-state index contributed by atoms with van der Waals surface area (Å²) in [5.74, 6) is 0. The van der Waals surface area contributed by atoms with Crippen LogP contribution in [0, 0.1) is 6.92 Å². The maximum atomic E-state index is 2.23. The van der Waals surface area contributed by atoms with Gasteiger partial charge in [0.15, 0.2) is 12.4 Å². The van der Waals surface area contributed by atoms with E-state index in [0.29, 0.717) is 0 Å². The molecule has 0 aliphatic carbocycles. The molecule has 0 amide bonds. The Morgan fingerprint density at radius 1 is 0.882 bits per heavy atom. The van der Waals surface area contributed by atoms with Crippen LogP contribution >= 0.6 is 0 Å². The van der Waals surface area contributed by atoms with Crippen molar-refractivity contribution in [2.75, 3.05) is 0 Å². The highest BCUT2D eigenvalue weighted by Gasteiger charge is 2.00. The minimum absolute atomic E-state index is 1.02. The highest BCUT2D eigenvalue weighted by atomic mass is 14.9. The van der Waals surface area contributed by atoms with Crippen molar-refractivity contribution in [3.63, 3.8) is 0 Å². The molecule has 2 rings (SSSR count). The fourth-order valence-corrected chi connectivity index (χ4v) is 1.95. The van der Waals surface area contributed by atoms with E-state index < -0.39 is 0 Å². The van der Waals surface area contributed by atoms with Gasteiger partial charge in [-0.2, -0.15) is 0 Å². The van der Waals surface area contributed by atoms with Gasteiger partial charge in [-0.25, -0.2) is 4.57 Å². The average molecular weight is 226 g/mol. The second kappa shape index (κ2) is 5.62. The highest BCUT2D eigenvalue weighted by molar-refractivity contribution is 5.26. The summed E-state index contributed by atoms with van der Waals surface area (Å²) in [5, 5.41) is 0. The number of hydrogen-bond acceptors (Lipinski definition) is 0. The molecule has 0 saturated heterocycles. The molecular weight excluding hydrogens is 206 g/mol. The third-order valence-corrected chi connectivity index (χ3v) is 2.97. The number of hydrogen-bond donors (Lipinski definition) is 0. The van der Waals surface area contributed by atoms with E-state index in [9.17, 15) is 0 Å². The lowest BCUT2D eigenvalue weighted by molar-refractivity contribution is -0.697. The summed E-state index contributed by atoms with van der Waals surface area (Å²) in [7, 11) is 0. The molecule has 0 fully saturated rings. The Hall–Kier alpha value is -1.63. The van der Waals surface area contributed by atoms with Crippen LogP contribution in [0.25, 0.3) is 0 Å². The van der Waals surface area contributed by atoms with Crippen LogP contribution in [0.3, 0.4) is 0 Å². The number of pyridine rings is 1. The molecule has 0 saturated carbocycles. The molecule has 0 unspecified atom stereocenters. The van der Waals surface area contributed by atoms with Crippen molar-refractivity contribution in [1.82, 2.24) is 0 Å². The predicted octanol–water partition coefficient (Wildman–Crippen LogP) is 3.28. The van der Waals surface area contributed by atoms with E-state index in [1.807, 2.05) is 0 Å². The SMILES string of the molecule is CCC[n+]1ccc(Cc2ccc(C)cc2)cc1. The summed E-state index contributed by atoms with van der Waals surface area (Å²) in [6.45, 7) is 5.43. The highest BCUT2D eigenvalue weighted by Crippen LogP contribution is 2.09. The van der Waals surface area contributed by atoms with E-state index in [2.05, 4.69) is 67.2 Å². The molecule has 1 heterocycles. The molecule has 0 spiro atoms. The smallest absolute Gasteiger partial charge is 0.169 e. The molecule has 88 valence electrons. The zero-order chi connectivity index (χ0) is 12.1. The fraction of sp³-hybridized carbons (Fsp3) is 0.312. The number of nitrogens with zero attached hydrogens (tertiary/aromatic N) is 1. The lowest BCUT2D eigenvalue weighted by Crippen LogP contribution is -2.32. The largest absolute Gasteiger partial charge is 0.205 e. The number of benzene rings is 1. The Morgan fingerprint density at radius 3 is 2.06 bits per heavy atom. The molecule has 2 aromatic rings. The van der Waals surface area contributed by atoms with Gasteiger partial charge in [0.2, 0.25) is 0 Å². The van der Waals surface area contributed by atoms with Gasteiger partial charge < -0.3 is 0 Å². The van der Waals surface area contributed by atoms with Crippen LogP contribution < -0.4 is 4.57 Å². The zero-order valence-corrected chi connectivity index (χ0v) is 10.7. The van der Waals surface area contributed by atoms with Crippen molar-refractivity contribution in [1.29, 1.82) is 0 Å². The van der Waals surface area contributed by atoms with E-state index in [1.165, 1.54) is 23.1 Å². The number of aromatic nitrogens is 1. The molecule has 0 bridgehead atoms. The number of rotatable bonds is 4. The topological polar surface area (TPSA) is 3.88 Å². The van der Waals surface area contributed by atoms with E-state index in [4.69, 9.17) is 0 Å². The van der Waals surface area contributed by atoms with Crippen LogP contribution in [0.15, 0.2) is 48.8 Å². The molecule has 0 atom stereocenters. The van der Waals surface area contributed by atoms with Gasteiger partial charge in [-0.3, -0.25) is 0 Å². The Bertz CT molecular complexity index is 454. The van der Waals surface area contributed by atoms with Crippen LogP contribution in [0.4, 0.5) is 0 Å². The molecule has 0 aliphatic heterocycles. The van der Waals surface area contributed by atoms with Gasteiger partial charge in [0.05, 0.1) is 0 Å². The summed E-state index contributed by atoms with van der Waals surface area (Å²) >= 11 is 0. The predicted molar refractivity (Wildman–Crippen MR) is 70.9 cm³/mol. The molecule has 0 N–H and O–H groups in total. The fourth-order valence-electron chi connectivity index (χ4n) is 1.95. The Kier molecular flexibility index (Phi) is 3.92. The normalized spacial score (nSPS) is 10.5. The maximum Gasteiger partial charge on any atom is 0.169 e. The van der Waals surface area contributed by atoms with Gasteiger partial charge in [0.25, 0.3) is 0 Å². The van der Waals surface area contributed by atoms with Gasteiger partial charge in [0, 0.05) is 18.6 Å². The summed E-state index contributed by atoms with van der Waals surface area (Å²) in [4.78, 5) is 0. The van der Waals surface area contributed by atoms with Gasteiger partial charge in [-0.1, -0.05) is 36.8 Å². The van der Waals surface area contributed by atoms with Crippen LogP contribution in [0.2, 0.25) is 0 Å². The van der Waals surface area contributed by atoms with Crippen LogP contribution in [-0.4, -0.2) is 0 Å². The van der Waals surface area contributed by atoms with Crippen LogP contribution in [0.1, 0.15) is 30.0 Å². The summed E-state index contributed by atoms with van der Waals surface area (Å²) in [6.07, 6.45) is 6.55. The molecular formula is C16H20N+. The molecule has 17 heavy (non-hydrogen) atoms. The monoisotopic (exact) mass is 226 g/mol. The Morgan fingerprint density at radius 2 is 1.47 bits per heavy atom. The quantitative estimate of drug-likeness (QED) is 0.704. The van der Waals surface area contributed by atoms with Crippen molar-refractivity contribution in [3.05, 3.63) is 65.5 Å². The first-order chi connectivity index (χ1) is 8.28. The molecule has 1 aromatic carbocycles. The van der Waals surface area contributed by atoms with Gasteiger partial charge in [-0.15, -0.1) is 0 Å². The average Bonchev–Trinajstić information content (AvgIpc) is 2.35. The second-order valence-electron chi connectivity index (χ2n) is 4.61. The van der Waals surface area contributed by atoms with E-state index in [1.54, 1.807) is 0 Å². The van der Waals surface area contributed by atoms with Crippen molar-refractivity contribution in [3.8, 4) is 0 Å². The first-order valence-corrected chi connectivity index (χ1v) is 6.31. The first-order valence-electron chi connectivity index (χ1n) is 6.31. The summed E-state index contributed by atoms with van der Waals surface area (Å²) in [5.41, 5.74) is 4.08. The van der Waals surface area contributed by atoms with Crippen LogP contribution in [-0.2, 0) is 13.0 Å². The third-order valence-electron chi connectivity index (χ3n) is 2.97. The molecule has 1 heteroatoms. The van der Waals surface area contributed by atoms with E-state index in [0.717, 1.165) is 13.0 Å². The van der Waals surface area contributed by atoms with Gasteiger partial charge in [-0.05, 0) is 24.5 Å². The van der Waals surface area contributed by atoms with Gasteiger partial charge >= 0.3 is 0 Å². The van der Waals surface area contributed by atoms with E-state index in [-0.39, 0.29) is 0 Å². The maximum absolute atomic E-state index is 2.23. The van der Waals surface area contributed by atoms with Gasteiger partial charge in [0.1, 0.15) is 6.54 Å². The van der Waals surface area contributed by atoms with Crippen molar-refractivity contribution < 1.29 is 4.57 Å². The Balaban J connectivity index is 2.05. The molecule has 1 nitrogen and oxygen atoms in total. The van der Waals surface area contributed by atoms with Crippen LogP contribution in [0.5, 0.6) is 0 Å². The summed E-state index contributed by atoms with van der Waals surface area (Å²) < 4.78 is 2.23. The number of aryl methyl sites for hydroxylation is 2. The van der Waals surface area contributed by atoms with Crippen molar-refractivity contribution >= 4 is 0 Å². The standard InChI is InChI=1S/C16H20N/c1-3-10-17-11-8-16(9-12-17)13-15-6-4-14(2)5-7-15/h4-9,11-12H,3,10,13H2,1-2H3/q+1. The lowest BCUT2D eigenvalue weighted by atomic mass is 10.0. The Labute approximate surface area is 104 Å². The minimum atomic E-state index is 1.02. The lowest BCUT2D eigenvalue weighted by Gasteiger charge is -2.02. The second-order valence-corrected chi connectivity index (χ2v) is 4.61. The van der Waals surface area contributed by atoms with Crippen molar-refractivity contribution in [2.24, 2.45) is 0 Å².